The molecule has 9 nitrogen and oxygen atoms in total. The average molecular weight is 384 g/mol. The van der Waals surface area contributed by atoms with Crippen molar-refractivity contribution < 1.29 is 33.3 Å². The molecule has 0 saturated carbocycles. The summed E-state index contributed by atoms with van der Waals surface area (Å²) in [5.74, 6) is -1.78. The summed E-state index contributed by atoms with van der Waals surface area (Å²) < 4.78 is 20.5. The quantitative estimate of drug-likeness (QED) is 0.503. The number of amides is 1. The first-order valence-corrected chi connectivity index (χ1v) is 9.49. The highest BCUT2D eigenvalue weighted by Crippen LogP contribution is 2.45. The van der Waals surface area contributed by atoms with Crippen LogP contribution in [0.5, 0.6) is 0 Å². The van der Waals surface area contributed by atoms with Crippen molar-refractivity contribution in [1.82, 2.24) is 9.80 Å². The van der Waals surface area contributed by atoms with Crippen LogP contribution in [0.1, 0.15) is 26.7 Å². The summed E-state index contributed by atoms with van der Waals surface area (Å²) in [7, 11) is 2.02. The van der Waals surface area contributed by atoms with Crippen LogP contribution in [0, 0.1) is 11.8 Å². The molecular formula is C18H28N2O7. The molecule has 4 atom stereocenters. The number of carbonyl (C=O) groups is 3. The normalized spacial score (nSPS) is 30.4. The number of ether oxygens (including phenoxy) is 4. The van der Waals surface area contributed by atoms with Crippen molar-refractivity contribution >= 4 is 18.0 Å². The number of hydrogen-bond donors (Lipinski definition) is 0. The van der Waals surface area contributed by atoms with Gasteiger partial charge in [-0.15, -0.1) is 0 Å². The van der Waals surface area contributed by atoms with Gasteiger partial charge in [0.15, 0.2) is 0 Å². The largest absolute Gasteiger partial charge is 0.511 e. The van der Waals surface area contributed by atoms with Crippen molar-refractivity contribution in [2.24, 2.45) is 11.8 Å². The van der Waals surface area contributed by atoms with Crippen LogP contribution in [-0.4, -0.2) is 86.2 Å². The smallest absolute Gasteiger partial charge is 0.431 e. The van der Waals surface area contributed by atoms with Crippen LogP contribution >= 0.6 is 0 Å². The molecule has 3 heterocycles. The number of nitrogens with zero attached hydrogens (tertiary/aromatic N) is 2. The lowest BCUT2D eigenvalue weighted by Gasteiger charge is -2.36. The Morgan fingerprint density at radius 3 is 2.26 bits per heavy atom. The van der Waals surface area contributed by atoms with E-state index in [2.05, 4.69) is 4.90 Å². The van der Waals surface area contributed by atoms with Crippen LogP contribution < -0.4 is 0 Å². The van der Waals surface area contributed by atoms with E-state index in [4.69, 9.17) is 18.9 Å². The lowest BCUT2D eigenvalue weighted by Crippen LogP contribution is -2.52. The molecule has 9 heteroatoms. The van der Waals surface area contributed by atoms with Gasteiger partial charge in [0.1, 0.15) is 0 Å². The topological polar surface area (TPSA) is 94.6 Å². The summed E-state index contributed by atoms with van der Waals surface area (Å²) >= 11 is 0. The fourth-order valence-corrected chi connectivity index (χ4v) is 3.99. The Bertz CT molecular complexity index is 574. The van der Waals surface area contributed by atoms with Gasteiger partial charge in [0, 0.05) is 26.2 Å². The fourth-order valence-electron chi connectivity index (χ4n) is 3.99. The summed E-state index contributed by atoms with van der Waals surface area (Å²) in [6, 6.07) is 0. The van der Waals surface area contributed by atoms with Crippen molar-refractivity contribution in [2.45, 2.75) is 45.0 Å². The van der Waals surface area contributed by atoms with E-state index in [1.807, 2.05) is 11.9 Å². The molecule has 4 unspecified atom stereocenters. The van der Waals surface area contributed by atoms with Crippen LogP contribution in [0.15, 0.2) is 0 Å². The van der Waals surface area contributed by atoms with E-state index in [9.17, 15) is 14.4 Å². The van der Waals surface area contributed by atoms with Crippen molar-refractivity contribution in [3.8, 4) is 0 Å². The van der Waals surface area contributed by atoms with Crippen molar-refractivity contribution in [3.63, 3.8) is 0 Å². The highest BCUT2D eigenvalue weighted by molar-refractivity contribution is 5.87. The minimum atomic E-state index is -0.896. The molecule has 1 amide bonds. The molecule has 27 heavy (non-hydrogen) atoms. The first kappa shape index (κ1) is 19.9. The van der Waals surface area contributed by atoms with Gasteiger partial charge >= 0.3 is 12.1 Å². The maximum atomic E-state index is 13.0. The number of fused-ring (bicyclic) bond motifs is 2. The number of likely N-dealkylation sites (N-methyl/N-ethyl adjacent to an activating group) is 1. The Morgan fingerprint density at radius 2 is 1.63 bits per heavy atom. The Hall–Kier alpha value is -1.87. The van der Waals surface area contributed by atoms with Gasteiger partial charge in [0.2, 0.25) is 12.7 Å². The molecule has 0 aromatic carbocycles. The second-order valence-electron chi connectivity index (χ2n) is 7.61. The maximum Gasteiger partial charge on any atom is 0.511 e. The molecule has 0 radical (unpaired) electrons. The van der Waals surface area contributed by atoms with Crippen LogP contribution in [0.4, 0.5) is 4.79 Å². The zero-order chi connectivity index (χ0) is 19.6. The fraction of sp³-hybridized carbons (Fsp3) is 0.833. The second-order valence-corrected chi connectivity index (χ2v) is 7.61. The Balaban J connectivity index is 1.57. The number of carbonyl (C=O) groups excluding carboxylic acids is 3. The minimum Gasteiger partial charge on any atom is -0.431 e. The zero-order valence-electron chi connectivity index (χ0n) is 16.1. The van der Waals surface area contributed by atoms with Crippen molar-refractivity contribution in [1.29, 1.82) is 0 Å². The third kappa shape index (κ3) is 4.52. The van der Waals surface area contributed by atoms with E-state index in [0.717, 1.165) is 25.9 Å². The van der Waals surface area contributed by atoms with Gasteiger partial charge < -0.3 is 28.7 Å². The van der Waals surface area contributed by atoms with Crippen LogP contribution in [0.3, 0.4) is 0 Å². The second kappa shape index (κ2) is 8.43. The molecule has 0 N–H and O–H groups in total. The molecule has 0 spiro atoms. The van der Waals surface area contributed by atoms with Crippen LogP contribution in [-0.2, 0) is 28.5 Å². The summed E-state index contributed by atoms with van der Waals surface area (Å²) in [5.41, 5.74) is 0. The molecule has 152 valence electrons. The summed E-state index contributed by atoms with van der Waals surface area (Å²) in [5, 5.41) is 0. The van der Waals surface area contributed by atoms with Crippen LogP contribution in [0.2, 0.25) is 0 Å². The van der Waals surface area contributed by atoms with E-state index < -0.39 is 30.8 Å². The lowest BCUT2D eigenvalue weighted by molar-refractivity contribution is -0.164. The summed E-state index contributed by atoms with van der Waals surface area (Å²) in [4.78, 5) is 40.9. The van der Waals surface area contributed by atoms with Gasteiger partial charge in [-0.3, -0.25) is 9.59 Å². The Labute approximate surface area is 158 Å². The van der Waals surface area contributed by atoms with Crippen molar-refractivity contribution in [3.05, 3.63) is 0 Å². The van der Waals surface area contributed by atoms with Gasteiger partial charge in [-0.2, -0.15) is 0 Å². The SMILES string of the molecule is CC(C)OC(=O)OCOC(=O)C1C2CCC(O2)C1C(=O)N1CCN(C)CC1. The standard InChI is InChI=1S/C18H28N2O7/c1-11(2)26-18(23)25-10-24-17(22)15-13-5-4-12(27-13)14(15)16(21)20-8-6-19(3)7-9-20/h11-15H,4-10H2,1-3H3. The van der Waals surface area contributed by atoms with Gasteiger partial charge in [-0.1, -0.05) is 0 Å². The number of esters is 1. The number of rotatable bonds is 5. The third-order valence-electron chi connectivity index (χ3n) is 5.36. The average Bonchev–Trinajstić information content (AvgIpc) is 3.22. The van der Waals surface area contributed by atoms with Gasteiger partial charge in [0.05, 0.1) is 30.1 Å². The predicted octanol–water partition coefficient (Wildman–Crippen LogP) is 0.616. The molecule has 3 aliphatic heterocycles. The molecule has 0 aromatic rings. The molecule has 3 saturated heterocycles. The molecule has 3 rings (SSSR count). The van der Waals surface area contributed by atoms with Crippen LogP contribution in [0.25, 0.3) is 0 Å². The van der Waals surface area contributed by atoms with E-state index in [1.54, 1.807) is 13.8 Å². The summed E-state index contributed by atoms with van der Waals surface area (Å²) in [6.45, 7) is 5.77. The molecule has 0 aliphatic carbocycles. The molecule has 0 aromatic heterocycles. The lowest BCUT2D eigenvalue weighted by atomic mass is 9.78. The predicted molar refractivity (Wildman–Crippen MR) is 92.6 cm³/mol. The highest BCUT2D eigenvalue weighted by atomic mass is 16.8. The number of piperazine rings is 1. The third-order valence-corrected chi connectivity index (χ3v) is 5.36. The van der Waals surface area contributed by atoms with Gasteiger partial charge in [0.25, 0.3) is 0 Å². The first-order valence-electron chi connectivity index (χ1n) is 9.49. The molecular weight excluding hydrogens is 356 g/mol. The highest BCUT2D eigenvalue weighted by Gasteiger charge is 2.57. The minimum absolute atomic E-state index is 0.0441. The maximum absolute atomic E-state index is 13.0. The molecule has 3 fully saturated rings. The Kier molecular flexibility index (Phi) is 6.21. The monoisotopic (exact) mass is 384 g/mol. The van der Waals surface area contributed by atoms with E-state index in [1.165, 1.54) is 0 Å². The zero-order valence-corrected chi connectivity index (χ0v) is 16.1. The first-order chi connectivity index (χ1) is 12.9. The van der Waals surface area contributed by atoms with E-state index in [-0.39, 0.29) is 24.2 Å². The number of hydrogen-bond acceptors (Lipinski definition) is 8. The Morgan fingerprint density at radius 1 is 1.00 bits per heavy atom. The molecule has 2 bridgehead atoms. The van der Waals surface area contributed by atoms with Gasteiger partial charge in [-0.05, 0) is 33.7 Å². The molecule has 3 aliphatic rings. The van der Waals surface area contributed by atoms with Gasteiger partial charge in [-0.25, -0.2) is 4.79 Å². The summed E-state index contributed by atoms with van der Waals surface area (Å²) in [6.07, 6.45) is -0.272. The van der Waals surface area contributed by atoms with Crippen molar-refractivity contribution in [2.75, 3.05) is 40.0 Å². The van der Waals surface area contributed by atoms with E-state index in [0.29, 0.717) is 13.1 Å². The van der Waals surface area contributed by atoms with E-state index >= 15 is 0 Å².